The maximum atomic E-state index is 11.8. The summed E-state index contributed by atoms with van der Waals surface area (Å²) in [6, 6.07) is 8.33. The van der Waals surface area contributed by atoms with Crippen molar-refractivity contribution in [1.82, 2.24) is 9.55 Å². The second-order valence-corrected chi connectivity index (χ2v) is 5.43. The zero-order valence-corrected chi connectivity index (χ0v) is 12.0. The summed E-state index contributed by atoms with van der Waals surface area (Å²) >= 11 is 3.19. The molecule has 1 aromatic heterocycles. The Balaban J connectivity index is 2.24. The Morgan fingerprint density at radius 1 is 1.28 bits per heavy atom. The molecule has 2 rings (SSSR count). The molecule has 0 spiro atoms. The molecule has 0 radical (unpaired) electrons. The van der Waals surface area contributed by atoms with Crippen LogP contribution in [0.15, 0.2) is 46.1 Å². The van der Waals surface area contributed by atoms with Crippen LogP contribution >= 0.6 is 15.9 Å². The van der Waals surface area contributed by atoms with E-state index in [4.69, 9.17) is 0 Å². The first-order valence-electron chi connectivity index (χ1n) is 5.86. The first kappa shape index (κ1) is 13.0. The second-order valence-electron chi connectivity index (χ2n) is 4.57. The SMILES string of the molecule is CC(C)c1ccc(Cn2cncc(Br)c2=O)cc1. The van der Waals surface area contributed by atoms with Gasteiger partial charge in [0.1, 0.15) is 4.47 Å². The van der Waals surface area contributed by atoms with E-state index in [1.807, 2.05) is 0 Å². The second kappa shape index (κ2) is 5.48. The molecule has 0 N–H and O–H groups in total. The zero-order valence-electron chi connectivity index (χ0n) is 10.4. The van der Waals surface area contributed by atoms with Gasteiger partial charge in [-0.2, -0.15) is 0 Å². The molecule has 0 bridgehead atoms. The largest absolute Gasteiger partial charge is 0.294 e. The van der Waals surface area contributed by atoms with Crippen molar-refractivity contribution in [2.45, 2.75) is 26.3 Å². The molecule has 0 saturated carbocycles. The van der Waals surface area contributed by atoms with E-state index in [2.05, 4.69) is 59.0 Å². The quantitative estimate of drug-likeness (QED) is 0.873. The molecule has 4 heteroatoms. The third-order valence-corrected chi connectivity index (χ3v) is 3.40. The lowest BCUT2D eigenvalue weighted by Gasteiger charge is -2.08. The molecule has 0 aliphatic rings. The van der Waals surface area contributed by atoms with Gasteiger partial charge < -0.3 is 0 Å². The van der Waals surface area contributed by atoms with Gasteiger partial charge in [0.05, 0.1) is 12.9 Å². The predicted octanol–water partition coefficient (Wildman–Crippen LogP) is 3.18. The minimum atomic E-state index is -0.0575. The highest BCUT2D eigenvalue weighted by atomic mass is 79.9. The van der Waals surface area contributed by atoms with Crippen LogP contribution in [0.25, 0.3) is 0 Å². The van der Waals surface area contributed by atoms with E-state index in [1.54, 1.807) is 10.9 Å². The van der Waals surface area contributed by atoms with Gasteiger partial charge in [0.25, 0.3) is 5.56 Å². The van der Waals surface area contributed by atoms with Gasteiger partial charge in [-0.15, -0.1) is 0 Å². The Hall–Kier alpha value is -1.42. The summed E-state index contributed by atoms with van der Waals surface area (Å²) in [4.78, 5) is 15.8. The summed E-state index contributed by atoms with van der Waals surface area (Å²) in [5.41, 5.74) is 2.35. The summed E-state index contributed by atoms with van der Waals surface area (Å²) in [7, 11) is 0. The Labute approximate surface area is 115 Å². The first-order valence-corrected chi connectivity index (χ1v) is 6.66. The van der Waals surface area contributed by atoms with E-state index in [9.17, 15) is 4.79 Å². The molecule has 0 unspecified atom stereocenters. The molecule has 0 fully saturated rings. The van der Waals surface area contributed by atoms with Gasteiger partial charge in [-0.3, -0.25) is 9.36 Å². The summed E-state index contributed by atoms with van der Waals surface area (Å²) in [6.45, 7) is 4.87. The van der Waals surface area contributed by atoms with Crippen molar-refractivity contribution < 1.29 is 0 Å². The van der Waals surface area contributed by atoms with Crippen LogP contribution in [0.1, 0.15) is 30.9 Å². The van der Waals surface area contributed by atoms with Crippen molar-refractivity contribution >= 4 is 15.9 Å². The molecule has 94 valence electrons. The number of aromatic nitrogens is 2. The maximum absolute atomic E-state index is 11.8. The smallest absolute Gasteiger partial charge is 0.267 e. The van der Waals surface area contributed by atoms with Crippen LogP contribution in [0, 0.1) is 0 Å². The predicted molar refractivity (Wildman–Crippen MR) is 75.8 cm³/mol. The van der Waals surface area contributed by atoms with Crippen molar-refractivity contribution in [1.29, 1.82) is 0 Å². The van der Waals surface area contributed by atoms with Crippen molar-refractivity contribution in [3.8, 4) is 0 Å². The maximum Gasteiger partial charge on any atom is 0.267 e. The van der Waals surface area contributed by atoms with Crippen LogP contribution < -0.4 is 5.56 Å². The standard InChI is InChI=1S/C14H15BrN2O/c1-10(2)12-5-3-11(4-6-12)8-17-9-16-7-13(15)14(17)18/h3-7,9-10H,8H2,1-2H3. The van der Waals surface area contributed by atoms with E-state index >= 15 is 0 Å². The molecule has 1 aromatic carbocycles. The summed E-state index contributed by atoms with van der Waals surface area (Å²) in [6.07, 6.45) is 3.07. The van der Waals surface area contributed by atoms with E-state index in [0.717, 1.165) is 5.56 Å². The number of benzene rings is 1. The fraction of sp³-hybridized carbons (Fsp3) is 0.286. The minimum Gasteiger partial charge on any atom is -0.294 e. The van der Waals surface area contributed by atoms with E-state index in [-0.39, 0.29) is 5.56 Å². The first-order chi connectivity index (χ1) is 8.58. The number of hydrogen-bond donors (Lipinski definition) is 0. The average molecular weight is 307 g/mol. The molecule has 0 aliphatic heterocycles. The lowest BCUT2D eigenvalue weighted by molar-refractivity contribution is 0.730. The minimum absolute atomic E-state index is 0.0575. The third kappa shape index (κ3) is 2.88. The van der Waals surface area contributed by atoms with Gasteiger partial charge in [0.2, 0.25) is 0 Å². The monoisotopic (exact) mass is 306 g/mol. The Kier molecular flexibility index (Phi) is 3.97. The van der Waals surface area contributed by atoms with Gasteiger partial charge >= 0.3 is 0 Å². The van der Waals surface area contributed by atoms with Crippen molar-refractivity contribution in [2.75, 3.05) is 0 Å². The molecule has 0 saturated heterocycles. The van der Waals surface area contributed by atoms with Crippen molar-refractivity contribution in [3.63, 3.8) is 0 Å². The fourth-order valence-corrected chi connectivity index (χ4v) is 2.09. The Morgan fingerprint density at radius 2 is 1.94 bits per heavy atom. The highest BCUT2D eigenvalue weighted by Gasteiger charge is 2.03. The van der Waals surface area contributed by atoms with Crippen LogP contribution in [-0.4, -0.2) is 9.55 Å². The van der Waals surface area contributed by atoms with Crippen LogP contribution in [0.4, 0.5) is 0 Å². The molecule has 0 atom stereocenters. The van der Waals surface area contributed by atoms with Gasteiger partial charge in [0.15, 0.2) is 0 Å². The summed E-state index contributed by atoms with van der Waals surface area (Å²) in [5, 5.41) is 0. The molecule has 0 aliphatic carbocycles. The lowest BCUT2D eigenvalue weighted by Crippen LogP contribution is -2.21. The molecule has 2 aromatic rings. The van der Waals surface area contributed by atoms with Crippen LogP contribution in [-0.2, 0) is 6.54 Å². The molecule has 1 heterocycles. The van der Waals surface area contributed by atoms with Gasteiger partial charge in [0, 0.05) is 6.20 Å². The normalized spacial score (nSPS) is 10.9. The Bertz CT molecular complexity index is 587. The third-order valence-electron chi connectivity index (χ3n) is 2.86. The van der Waals surface area contributed by atoms with E-state index < -0.39 is 0 Å². The summed E-state index contributed by atoms with van der Waals surface area (Å²) < 4.78 is 2.08. The molecule has 18 heavy (non-hydrogen) atoms. The van der Waals surface area contributed by atoms with Crippen LogP contribution in [0.3, 0.4) is 0 Å². The van der Waals surface area contributed by atoms with Crippen molar-refractivity contribution in [2.24, 2.45) is 0 Å². The van der Waals surface area contributed by atoms with Gasteiger partial charge in [-0.1, -0.05) is 38.1 Å². The fourth-order valence-electron chi connectivity index (χ4n) is 1.74. The van der Waals surface area contributed by atoms with Crippen LogP contribution in [0.5, 0.6) is 0 Å². The summed E-state index contributed by atoms with van der Waals surface area (Å²) in [5.74, 6) is 0.523. The Morgan fingerprint density at radius 3 is 2.56 bits per heavy atom. The molecular weight excluding hydrogens is 292 g/mol. The number of rotatable bonds is 3. The van der Waals surface area contributed by atoms with E-state index in [1.165, 1.54) is 11.8 Å². The molecule has 0 amide bonds. The van der Waals surface area contributed by atoms with E-state index in [0.29, 0.717) is 16.9 Å². The number of nitrogens with zero attached hydrogens (tertiary/aromatic N) is 2. The zero-order chi connectivity index (χ0) is 13.1. The van der Waals surface area contributed by atoms with Crippen molar-refractivity contribution in [3.05, 3.63) is 62.7 Å². The lowest BCUT2D eigenvalue weighted by atomic mass is 10.0. The molecular formula is C14H15BrN2O. The topological polar surface area (TPSA) is 34.9 Å². The molecule has 3 nitrogen and oxygen atoms in total. The number of halogens is 1. The highest BCUT2D eigenvalue weighted by molar-refractivity contribution is 9.10. The highest BCUT2D eigenvalue weighted by Crippen LogP contribution is 2.15. The van der Waals surface area contributed by atoms with Gasteiger partial charge in [-0.25, -0.2) is 4.98 Å². The number of hydrogen-bond acceptors (Lipinski definition) is 2. The van der Waals surface area contributed by atoms with Crippen LogP contribution in [0.2, 0.25) is 0 Å². The van der Waals surface area contributed by atoms with Gasteiger partial charge in [-0.05, 0) is 33.0 Å². The average Bonchev–Trinajstić information content (AvgIpc) is 2.36.